The van der Waals surface area contributed by atoms with Crippen LogP contribution in [0.5, 0.6) is 0 Å². The zero-order valence-electron chi connectivity index (χ0n) is 9.04. The number of amidine groups is 1. The fourth-order valence-electron chi connectivity index (χ4n) is 3.07. The second-order valence-electron chi connectivity index (χ2n) is 4.58. The van der Waals surface area contributed by atoms with Crippen LogP contribution < -0.4 is 5.73 Å². The SMILES string of the molecule is NC(=NO)[C@@H]1C[C@@H]2CCCC[C@@H]2N1C(=O)O. The predicted octanol–water partition coefficient (Wildman–Crippen LogP) is 1.04. The minimum atomic E-state index is -0.967. The van der Waals surface area contributed by atoms with Crippen molar-refractivity contribution in [1.29, 1.82) is 0 Å². The number of hydrogen-bond donors (Lipinski definition) is 3. The molecule has 1 saturated carbocycles. The molecular formula is C10H17N3O3. The summed E-state index contributed by atoms with van der Waals surface area (Å²) >= 11 is 0. The Balaban J connectivity index is 2.23. The second kappa shape index (κ2) is 4.19. The lowest BCUT2D eigenvalue weighted by atomic mass is 9.85. The van der Waals surface area contributed by atoms with Gasteiger partial charge in [-0.1, -0.05) is 18.0 Å². The van der Waals surface area contributed by atoms with Crippen LogP contribution in [0.15, 0.2) is 5.16 Å². The van der Waals surface area contributed by atoms with Crippen LogP contribution in [-0.4, -0.2) is 39.2 Å². The second-order valence-corrected chi connectivity index (χ2v) is 4.58. The van der Waals surface area contributed by atoms with Gasteiger partial charge in [0.1, 0.15) is 0 Å². The molecule has 0 unspecified atom stereocenters. The van der Waals surface area contributed by atoms with E-state index >= 15 is 0 Å². The summed E-state index contributed by atoms with van der Waals surface area (Å²) in [6, 6.07) is -0.396. The van der Waals surface area contributed by atoms with E-state index in [1.807, 2.05) is 0 Å². The van der Waals surface area contributed by atoms with Crippen LogP contribution in [0.1, 0.15) is 32.1 Å². The summed E-state index contributed by atoms with van der Waals surface area (Å²) in [5.74, 6) is 0.381. The zero-order valence-corrected chi connectivity index (χ0v) is 9.04. The molecule has 1 saturated heterocycles. The van der Waals surface area contributed by atoms with Crippen LogP contribution in [0.4, 0.5) is 4.79 Å². The molecule has 3 atom stereocenters. The Morgan fingerprint density at radius 1 is 1.38 bits per heavy atom. The highest BCUT2D eigenvalue weighted by molar-refractivity contribution is 5.88. The van der Waals surface area contributed by atoms with E-state index in [0.29, 0.717) is 12.3 Å². The first-order valence-electron chi connectivity index (χ1n) is 5.64. The fraction of sp³-hybridized carbons (Fsp3) is 0.800. The third-order valence-electron chi connectivity index (χ3n) is 3.77. The van der Waals surface area contributed by atoms with E-state index in [2.05, 4.69) is 5.16 Å². The Bertz CT molecular complexity index is 318. The maximum Gasteiger partial charge on any atom is 0.408 e. The van der Waals surface area contributed by atoms with Crippen LogP contribution in [-0.2, 0) is 0 Å². The molecule has 0 bridgehead atoms. The number of amides is 1. The van der Waals surface area contributed by atoms with Crippen molar-refractivity contribution in [3.05, 3.63) is 0 Å². The fourth-order valence-corrected chi connectivity index (χ4v) is 3.07. The van der Waals surface area contributed by atoms with E-state index < -0.39 is 12.1 Å². The van der Waals surface area contributed by atoms with Crippen molar-refractivity contribution in [3.8, 4) is 0 Å². The van der Waals surface area contributed by atoms with Crippen molar-refractivity contribution in [1.82, 2.24) is 4.90 Å². The van der Waals surface area contributed by atoms with E-state index in [9.17, 15) is 9.90 Å². The van der Waals surface area contributed by atoms with Gasteiger partial charge in [0.15, 0.2) is 5.84 Å². The highest BCUT2D eigenvalue weighted by atomic mass is 16.4. The molecule has 2 aliphatic rings. The summed E-state index contributed by atoms with van der Waals surface area (Å²) in [5, 5.41) is 20.8. The Kier molecular flexibility index (Phi) is 2.89. The van der Waals surface area contributed by atoms with Crippen LogP contribution in [0.2, 0.25) is 0 Å². The number of carboxylic acid groups (broad SMARTS) is 1. The van der Waals surface area contributed by atoms with E-state index in [1.165, 1.54) is 4.90 Å². The molecule has 1 aliphatic carbocycles. The van der Waals surface area contributed by atoms with Crippen LogP contribution in [0.3, 0.4) is 0 Å². The van der Waals surface area contributed by atoms with Gasteiger partial charge in [-0.15, -0.1) is 0 Å². The Morgan fingerprint density at radius 3 is 2.69 bits per heavy atom. The number of hydrogen-bond acceptors (Lipinski definition) is 3. The monoisotopic (exact) mass is 227 g/mol. The zero-order chi connectivity index (χ0) is 11.7. The van der Waals surface area contributed by atoms with Crippen molar-refractivity contribution in [2.45, 2.75) is 44.2 Å². The van der Waals surface area contributed by atoms with E-state index in [0.717, 1.165) is 25.7 Å². The third-order valence-corrected chi connectivity index (χ3v) is 3.77. The molecule has 16 heavy (non-hydrogen) atoms. The molecule has 4 N–H and O–H groups in total. The molecule has 90 valence electrons. The average Bonchev–Trinajstić information content (AvgIpc) is 2.67. The molecule has 0 aromatic rings. The summed E-state index contributed by atoms with van der Waals surface area (Å²) in [7, 11) is 0. The van der Waals surface area contributed by atoms with Gasteiger partial charge in [-0.25, -0.2) is 4.79 Å². The van der Waals surface area contributed by atoms with Gasteiger partial charge in [0, 0.05) is 6.04 Å². The summed E-state index contributed by atoms with van der Waals surface area (Å²) < 4.78 is 0. The number of likely N-dealkylation sites (tertiary alicyclic amines) is 1. The molecule has 0 radical (unpaired) electrons. The number of carbonyl (C=O) groups is 1. The Morgan fingerprint density at radius 2 is 2.06 bits per heavy atom. The lowest BCUT2D eigenvalue weighted by Crippen LogP contribution is -2.47. The van der Waals surface area contributed by atoms with E-state index in [4.69, 9.17) is 10.9 Å². The molecule has 2 fully saturated rings. The third kappa shape index (κ3) is 1.68. The van der Waals surface area contributed by atoms with E-state index in [-0.39, 0.29) is 11.9 Å². The Hall–Kier alpha value is -1.46. The highest BCUT2D eigenvalue weighted by Crippen LogP contribution is 2.39. The largest absolute Gasteiger partial charge is 0.465 e. The van der Waals surface area contributed by atoms with Crippen molar-refractivity contribution < 1.29 is 15.1 Å². The van der Waals surface area contributed by atoms with Gasteiger partial charge in [-0.3, -0.25) is 4.90 Å². The van der Waals surface area contributed by atoms with Gasteiger partial charge in [-0.05, 0) is 25.2 Å². The molecule has 0 aromatic heterocycles. The lowest BCUT2D eigenvalue weighted by molar-refractivity contribution is 0.117. The lowest BCUT2D eigenvalue weighted by Gasteiger charge is -2.31. The summed E-state index contributed by atoms with van der Waals surface area (Å²) in [6.07, 6.45) is 3.87. The minimum absolute atomic E-state index is 0.0109. The molecule has 1 heterocycles. The van der Waals surface area contributed by atoms with Crippen molar-refractivity contribution in [2.24, 2.45) is 16.8 Å². The number of nitrogens with zero attached hydrogens (tertiary/aromatic N) is 2. The van der Waals surface area contributed by atoms with Gasteiger partial charge in [-0.2, -0.15) is 0 Å². The summed E-state index contributed by atoms with van der Waals surface area (Å²) in [5.41, 5.74) is 5.56. The van der Waals surface area contributed by atoms with Crippen molar-refractivity contribution in [3.63, 3.8) is 0 Å². The predicted molar refractivity (Wildman–Crippen MR) is 57.4 cm³/mol. The molecule has 1 amide bonds. The quantitative estimate of drug-likeness (QED) is 0.270. The van der Waals surface area contributed by atoms with Gasteiger partial charge in [0.05, 0.1) is 6.04 Å². The molecule has 6 heteroatoms. The van der Waals surface area contributed by atoms with Crippen molar-refractivity contribution in [2.75, 3.05) is 0 Å². The smallest absolute Gasteiger partial charge is 0.408 e. The first-order valence-corrected chi connectivity index (χ1v) is 5.64. The highest BCUT2D eigenvalue weighted by Gasteiger charge is 2.46. The number of fused-ring (bicyclic) bond motifs is 1. The van der Waals surface area contributed by atoms with Crippen LogP contribution in [0, 0.1) is 5.92 Å². The van der Waals surface area contributed by atoms with Crippen LogP contribution >= 0.6 is 0 Å². The average molecular weight is 227 g/mol. The maximum absolute atomic E-state index is 11.2. The molecule has 6 nitrogen and oxygen atoms in total. The number of oxime groups is 1. The minimum Gasteiger partial charge on any atom is -0.465 e. The molecule has 1 aliphatic heterocycles. The first kappa shape index (κ1) is 11.0. The summed E-state index contributed by atoms with van der Waals surface area (Å²) in [6.45, 7) is 0. The van der Waals surface area contributed by atoms with Gasteiger partial charge < -0.3 is 16.0 Å². The van der Waals surface area contributed by atoms with Gasteiger partial charge >= 0.3 is 6.09 Å². The Labute approximate surface area is 93.7 Å². The van der Waals surface area contributed by atoms with Crippen molar-refractivity contribution >= 4 is 11.9 Å². The standard InChI is InChI=1S/C10H17N3O3/c11-9(12-16)8-5-6-3-1-2-4-7(6)13(8)10(14)15/h6-8,16H,1-5H2,(H2,11,12)(H,14,15)/t6-,7-,8-/m0/s1. The van der Waals surface area contributed by atoms with E-state index in [1.54, 1.807) is 0 Å². The van der Waals surface area contributed by atoms with Gasteiger partial charge in [0.2, 0.25) is 0 Å². The normalized spacial score (nSPS) is 34.9. The van der Waals surface area contributed by atoms with Crippen LogP contribution in [0.25, 0.3) is 0 Å². The molecule has 0 spiro atoms. The molecular weight excluding hydrogens is 210 g/mol. The first-order chi connectivity index (χ1) is 7.65. The topological polar surface area (TPSA) is 99.2 Å². The molecule has 0 aromatic carbocycles. The summed E-state index contributed by atoms with van der Waals surface area (Å²) in [4.78, 5) is 12.6. The number of rotatable bonds is 1. The molecule has 2 rings (SSSR count). The van der Waals surface area contributed by atoms with Gasteiger partial charge in [0.25, 0.3) is 0 Å². The maximum atomic E-state index is 11.2. The number of nitrogens with two attached hydrogens (primary N) is 1.